The SMILES string of the molecule is COc1ccc(C(NS(=O)(=O)c2ccc(Cl)cc2)C(C)C)cc1. The summed E-state index contributed by atoms with van der Waals surface area (Å²) >= 11 is 5.82. The molecule has 4 nitrogen and oxygen atoms in total. The first-order valence-electron chi connectivity index (χ1n) is 7.25. The predicted octanol–water partition coefficient (Wildman–Crippen LogP) is 4.02. The number of hydrogen-bond donors (Lipinski definition) is 1. The summed E-state index contributed by atoms with van der Waals surface area (Å²) < 4.78 is 33.1. The maximum atomic E-state index is 12.6. The molecule has 0 fully saturated rings. The van der Waals surface area contributed by atoms with E-state index >= 15 is 0 Å². The lowest BCUT2D eigenvalue weighted by molar-refractivity contribution is 0.413. The summed E-state index contributed by atoms with van der Waals surface area (Å²) in [5, 5.41) is 0.500. The maximum Gasteiger partial charge on any atom is 0.241 e. The lowest BCUT2D eigenvalue weighted by Gasteiger charge is -2.23. The fraction of sp³-hybridized carbons (Fsp3) is 0.294. The van der Waals surface area contributed by atoms with Crippen LogP contribution in [-0.2, 0) is 10.0 Å². The van der Waals surface area contributed by atoms with Gasteiger partial charge in [-0.05, 0) is 47.9 Å². The summed E-state index contributed by atoms with van der Waals surface area (Å²) in [5.74, 6) is 0.822. The van der Waals surface area contributed by atoms with E-state index in [0.717, 1.165) is 11.3 Å². The van der Waals surface area contributed by atoms with Gasteiger partial charge in [0.25, 0.3) is 0 Å². The molecule has 0 heterocycles. The molecule has 23 heavy (non-hydrogen) atoms. The molecule has 0 saturated carbocycles. The fourth-order valence-corrected chi connectivity index (χ4v) is 3.75. The molecule has 6 heteroatoms. The highest BCUT2D eigenvalue weighted by Crippen LogP contribution is 2.26. The van der Waals surface area contributed by atoms with Gasteiger partial charge in [-0.15, -0.1) is 0 Å². The van der Waals surface area contributed by atoms with Crippen LogP contribution in [0.1, 0.15) is 25.5 Å². The molecule has 0 saturated heterocycles. The standard InChI is InChI=1S/C17H20ClNO3S/c1-12(2)17(13-4-8-15(22-3)9-5-13)19-23(20,21)16-10-6-14(18)7-11-16/h4-12,17,19H,1-3H3. The van der Waals surface area contributed by atoms with Crippen molar-refractivity contribution in [3.8, 4) is 5.75 Å². The van der Waals surface area contributed by atoms with Crippen molar-refractivity contribution in [3.05, 3.63) is 59.1 Å². The molecule has 2 rings (SSSR count). The minimum absolute atomic E-state index is 0.0884. The lowest BCUT2D eigenvalue weighted by atomic mass is 9.97. The Hall–Kier alpha value is -1.56. The molecule has 0 aromatic heterocycles. The van der Waals surface area contributed by atoms with Gasteiger partial charge in [0.1, 0.15) is 5.75 Å². The van der Waals surface area contributed by atoms with E-state index in [9.17, 15) is 8.42 Å². The van der Waals surface area contributed by atoms with Crippen LogP contribution in [0.5, 0.6) is 5.75 Å². The highest BCUT2D eigenvalue weighted by molar-refractivity contribution is 7.89. The van der Waals surface area contributed by atoms with Gasteiger partial charge in [0.2, 0.25) is 10.0 Å². The van der Waals surface area contributed by atoms with Gasteiger partial charge in [-0.25, -0.2) is 13.1 Å². The average Bonchev–Trinajstić information content (AvgIpc) is 2.53. The number of methoxy groups -OCH3 is 1. The van der Waals surface area contributed by atoms with Crippen molar-refractivity contribution in [2.75, 3.05) is 7.11 Å². The Bertz CT molecular complexity index is 740. The van der Waals surface area contributed by atoms with Crippen LogP contribution in [0.15, 0.2) is 53.4 Å². The summed E-state index contributed by atoms with van der Waals surface area (Å²) in [5.41, 5.74) is 0.887. The molecule has 0 spiro atoms. The number of nitrogens with one attached hydrogen (secondary N) is 1. The molecule has 0 amide bonds. The second-order valence-corrected chi connectivity index (χ2v) is 7.72. The van der Waals surface area contributed by atoms with E-state index in [1.807, 2.05) is 38.1 Å². The zero-order valence-corrected chi connectivity index (χ0v) is 14.9. The van der Waals surface area contributed by atoms with E-state index in [1.165, 1.54) is 12.1 Å². The van der Waals surface area contributed by atoms with Gasteiger partial charge in [-0.3, -0.25) is 0 Å². The number of benzene rings is 2. The van der Waals surface area contributed by atoms with E-state index in [1.54, 1.807) is 19.2 Å². The number of halogens is 1. The van der Waals surface area contributed by atoms with Crippen molar-refractivity contribution in [2.45, 2.75) is 24.8 Å². The number of sulfonamides is 1. The molecular formula is C17H20ClNO3S. The summed E-state index contributed by atoms with van der Waals surface area (Å²) in [6.07, 6.45) is 0. The van der Waals surface area contributed by atoms with Gasteiger partial charge in [0.05, 0.1) is 12.0 Å². The van der Waals surface area contributed by atoms with E-state index in [-0.39, 0.29) is 16.9 Å². The lowest BCUT2D eigenvalue weighted by Crippen LogP contribution is -2.31. The van der Waals surface area contributed by atoms with Crippen LogP contribution >= 0.6 is 11.6 Å². The molecule has 0 radical (unpaired) electrons. The third-order valence-corrected chi connectivity index (χ3v) is 5.26. The molecule has 0 aliphatic heterocycles. The normalized spacial score (nSPS) is 13.1. The van der Waals surface area contributed by atoms with Gasteiger partial charge in [0, 0.05) is 11.1 Å². The molecule has 0 aliphatic carbocycles. The van der Waals surface area contributed by atoms with Gasteiger partial charge in [-0.2, -0.15) is 0 Å². The van der Waals surface area contributed by atoms with Gasteiger partial charge in [-0.1, -0.05) is 37.6 Å². The number of ether oxygens (including phenoxy) is 1. The van der Waals surface area contributed by atoms with Crippen molar-refractivity contribution in [1.29, 1.82) is 0 Å². The Kier molecular flexibility index (Phi) is 5.68. The van der Waals surface area contributed by atoms with Gasteiger partial charge in [0.15, 0.2) is 0 Å². The smallest absolute Gasteiger partial charge is 0.241 e. The van der Waals surface area contributed by atoms with Crippen LogP contribution in [-0.4, -0.2) is 15.5 Å². The summed E-state index contributed by atoms with van der Waals surface area (Å²) in [7, 11) is -2.03. The molecule has 1 unspecified atom stereocenters. The van der Waals surface area contributed by atoms with Crippen molar-refractivity contribution in [3.63, 3.8) is 0 Å². The molecule has 0 aliphatic rings. The molecule has 2 aromatic carbocycles. The Morgan fingerprint density at radius 2 is 1.57 bits per heavy atom. The van der Waals surface area contributed by atoms with Crippen LogP contribution in [0.2, 0.25) is 5.02 Å². The number of rotatable bonds is 6. The summed E-state index contributed by atoms with van der Waals surface area (Å²) in [6, 6.07) is 13.2. The largest absolute Gasteiger partial charge is 0.497 e. The zero-order chi connectivity index (χ0) is 17.0. The first-order chi connectivity index (χ1) is 10.8. The molecule has 1 atom stereocenters. The third kappa shape index (κ3) is 4.47. The molecule has 124 valence electrons. The zero-order valence-electron chi connectivity index (χ0n) is 13.3. The minimum atomic E-state index is -3.63. The molecule has 2 aromatic rings. The van der Waals surface area contributed by atoms with Crippen LogP contribution in [0.3, 0.4) is 0 Å². The summed E-state index contributed by atoms with van der Waals surface area (Å²) in [4.78, 5) is 0.195. The van der Waals surface area contributed by atoms with Crippen molar-refractivity contribution < 1.29 is 13.2 Å². The first-order valence-corrected chi connectivity index (χ1v) is 9.11. The van der Waals surface area contributed by atoms with Crippen LogP contribution in [0.25, 0.3) is 0 Å². The number of hydrogen-bond acceptors (Lipinski definition) is 3. The first kappa shape index (κ1) is 17.8. The monoisotopic (exact) mass is 353 g/mol. The van der Waals surface area contributed by atoms with Crippen molar-refractivity contribution in [1.82, 2.24) is 4.72 Å². The van der Waals surface area contributed by atoms with E-state index < -0.39 is 10.0 Å². The van der Waals surface area contributed by atoms with Gasteiger partial charge >= 0.3 is 0 Å². The van der Waals surface area contributed by atoms with Crippen LogP contribution in [0.4, 0.5) is 0 Å². The molecular weight excluding hydrogens is 334 g/mol. The third-order valence-electron chi connectivity index (χ3n) is 3.55. The average molecular weight is 354 g/mol. The Labute approximate surface area is 142 Å². The quantitative estimate of drug-likeness (QED) is 0.853. The van der Waals surface area contributed by atoms with E-state index in [0.29, 0.717) is 5.02 Å². The Morgan fingerprint density at radius 1 is 1.00 bits per heavy atom. The maximum absolute atomic E-state index is 12.6. The highest BCUT2D eigenvalue weighted by Gasteiger charge is 2.24. The van der Waals surface area contributed by atoms with Crippen molar-refractivity contribution >= 4 is 21.6 Å². The van der Waals surface area contributed by atoms with Crippen LogP contribution < -0.4 is 9.46 Å². The van der Waals surface area contributed by atoms with E-state index in [4.69, 9.17) is 16.3 Å². The minimum Gasteiger partial charge on any atom is -0.497 e. The Morgan fingerprint density at radius 3 is 2.04 bits per heavy atom. The fourth-order valence-electron chi connectivity index (χ4n) is 2.25. The predicted molar refractivity (Wildman–Crippen MR) is 92.3 cm³/mol. The van der Waals surface area contributed by atoms with Crippen molar-refractivity contribution in [2.24, 2.45) is 5.92 Å². The van der Waals surface area contributed by atoms with Gasteiger partial charge < -0.3 is 4.74 Å². The highest BCUT2D eigenvalue weighted by atomic mass is 35.5. The van der Waals surface area contributed by atoms with E-state index in [2.05, 4.69) is 4.72 Å². The topological polar surface area (TPSA) is 55.4 Å². The summed E-state index contributed by atoms with van der Waals surface area (Å²) in [6.45, 7) is 3.94. The molecule has 1 N–H and O–H groups in total. The second kappa shape index (κ2) is 7.34. The van der Waals surface area contributed by atoms with Crippen LogP contribution in [0, 0.1) is 5.92 Å². The second-order valence-electron chi connectivity index (χ2n) is 5.57. The molecule has 0 bridgehead atoms. The Balaban J connectivity index is 2.29.